The van der Waals surface area contributed by atoms with Crippen molar-refractivity contribution in [1.82, 2.24) is 0 Å². The molecule has 7 nitrogen and oxygen atoms in total. The summed E-state index contributed by atoms with van der Waals surface area (Å²) in [5.74, 6) is 0.263. The summed E-state index contributed by atoms with van der Waals surface area (Å²) in [6.07, 6.45) is 0. The Kier molecular flexibility index (Phi) is 4.73. The highest BCUT2D eigenvalue weighted by Gasteiger charge is 2.24. The van der Waals surface area contributed by atoms with E-state index in [4.69, 9.17) is 16.0 Å². The standard InChI is InChI=1S/C20H13ClN2O5S/c21-14-6-9-16(10-7-14)29(26,27)22-19-17-12-15(23(24)25)8-11-18(17)28-20(19)13-4-2-1-3-5-13/h1-12,22H. The Morgan fingerprint density at radius 1 is 0.966 bits per heavy atom. The lowest BCUT2D eigenvalue weighted by atomic mass is 10.1. The Balaban J connectivity index is 1.91. The molecule has 0 unspecified atom stereocenters. The number of nitrogens with one attached hydrogen (secondary N) is 1. The van der Waals surface area contributed by atoms with E-state index in [1.165, 1.54) is 42.5 Å². The Hall–Kier alpha value is -3.36. The molecule has 146 valence electrons. The second-order valence-corrected chi connectivity index (χ2v) is 8.29. The highest BCUT2D eigenvalue weighted by Crippen LogP contribution is 2.40. The van der Waals surface area contributed by atoms with Gasteiger partial charge in [0.25, 0.3) is 15.7 Å². The van der Waals surface area contributed by atoms with Gasteiger partial charge in [-0.05, 0) is 30.3 Å². The summed E-state index contributed by atoms with van der Waals surface area (Å²) in [5, 5.41) is 11.9. The highest BCUT2D eigenvalue weighted by atomic mass is 35.5. The van der Waals surface area contributed by atoms with Crippen LogP contribution in [0.1, 0.15) is 0 Å². The van der Waals surface area contributed by atoms with Gasteiger partial charge in [0, 0.05) is 22.7 Å². The monoisotopic (exact) mass is 428 g/mol. The molecule has 0 bridgehead atoms. The molecule has 0 fully saturated rings. The fourth-order valence-electron chi connectivity index (χ4n) is 2.90. The van der Waals surface area contributed by atoms with Crippen molar-refractivity contribution < 1.29 is 17.8 Å². The van der Waals surface area contributed by atoms with Crippen LogP contribution in [0, 0.1) is 10.1 Å². The SMILES string of the molecule is O=[N+]([O-])c1ccc2oc(-c3ccccc3)c(NS(=O)(=O)c3ccc(Cl)cc3)c2c1. The first-order chi connectivity index (χ1) is 13.8. The normalized spacial score (nSPS) is 11.5. The van der Waals surface area contributed by atoms with Crippen molar-refractivity contribution in [3.8, 4) is 11.3 Å². The number of fused-ring (bicyclic) bond motifs is 1. The molecule has 0 aliphatic carbocycles. The number of nitro benzene ring substituents is 1. The lowest BCUT2D eigenvalue weighted by Gasteiger charge is -2.09. The Bertz CT molecular complexity index is 1320. The van der Waals surface area contributed by atoms with Gasteiger partial charge >= 0.3 is 0 Å². The first-order valence-electron chi connectivity index (χ1n) is 8.40. The van der Waals surface area contributed by atoms with Gasteiger partial charge in [-0.3, -0.25) is 14.8 Å². The zero-order chi connectivity index (χ0) is 20.6. The maximum atomic E-state index is 12.9. The smallest absolute Gasteiger partial charge is 0.270 e. The third-order valence-electron chi connectivity index (χ3n) is 4.28. The molecule has 0 saturated carbocycles. The molecule has 29 heavy (non-hydrogen) atoms. The summed E-state index contributed by atoms with van der Waals surface area (Å²) in [6.45, 7) is 0. The van der Waals surface area contributed by atoms with Crippen LogP contribution in [0.3, 0.4) is 0 Å². The minimum absolute atomic E-state index is 0.000641. The Morgan fingerprint density at radius 3 is 2.31 bits per heavy atom. The van der Waals surface area contributed by atoms with E-state index >= 15 is 0 Å². The highest BCUT2D eigenvalue weighted by molar-refractivity contribution is 7.92. The number of nitro groups is 1. The first-order valence-corrected chi connectivity index (χ1v) is 10.3. The van der Waals surface area contributed by atoms with E-state index in [0.717, 1.165) is 0 Å². The van der Waals surface area contributed by atoms with Crippen LogP contribution >= 0.6 is 11.6 Å². The van der Waals surface area contributed by atoms with Gasteiger partial charge in [0.1, 0.15) is 11.3 Å². The topological polar surface area (TPSA) is 102 Å². The zero-order valence-corrected chi connectivity index (χ0v) is 16.3. The molecule has 0 amide bonds. The number of non-ortho nitro benzene ring substituents is 1. The number of hydrogen-bond donors (Lipinski definition) is 1. The number of furan rings is 1. The molecule has 0 saturated heterocycles. The van der Waals surface area contributed by atoms with Crippen LogP contribution in [0.5, 0.6) is 0 Å². The number of rotatable bonds is 5. The molecule has 0 aliphatic heterocycles. The van der Waals surface area contributed by atoms with E-state index in [-0.39, 0.29) is 27.4 Å². The van der Waals surface area contributed by atoms with Crippen molar-refractivity contribution in [2.24, 2.45) is 0 Å². The number of anilines is 1. The molecule has 3 aromatic carbocycles. The fraction of sp³-hybridized carbons (Fsp3) is 0. The Morgan fingerprint density at radius 2 is 1.66 bits per heavy atom. The zero-order valence-electron chi connectivity index (χ0n) is 14.7. The Labute approximate surface area is 170 Å². The third-order valence-corrected chi connectivity index (χ3v) is 5.90. The van der Waals surface area contributed by atoms with E-state index in [2.05, 4.69) is 4.72 Å². The molecule has 1 N–H and O–H groups in total. The van der Waals surface area contributed by atoms with E-state index in [9.17, 15) is 18.5 Å². The molecular formula is C20H13ClN2O5S. The van der Waals surface area contributed by atoms with E-state index in [0.29, 0.717) is 16.2 Å². The number of sulfonamides is 1. The van der Waals surface area contributed by atoms with E-state index in [1.54, 1.807) is 24.3 Å². The maximum Gasteiger partial charge on any atom is 0.270 e. The van der Waals surface area contributed by atoms with Crippen molar-refractivity contribution >= 4 is 44.0 Å². The molecule has 0 spiro atoms. The first kappa shape index (κ1) is 19.0. The van der Waals surface area contributed by atoms with Crippen LogP contribution in [-0.2, 0) is 10.0 Å². The second kappa shape index (κ2) is 7.23. The van der Waals surface area contributed by atoms with Gasteiger partial charge in [0.15, 0.2) is 5.76 Å². The van der Waals surface area contributed by atoms with Crippen LogP contribution < -0.4 is 4.72 Å². The van der Waals surface area contributed by atoms with Gasteiger partial charge in [0.05, 0.1) is 15.2 Å². The van der Waals surface area contributed by atoms with Crippen LogP contribution in [0.2, 0.25) is 5.02 Å². The molecule has 9 heteroatoms. The molecule has 0 aliphatic rings. The van der Waals surface area contributed by atoms with Crippen LogP contribution in [0.15, 0.2) is 82.1 Å². The predicted molar refractivity (Wildman–Crippen MR) is 111 cm³/mol. The van der Waals surface area contributed by atoms with Crippen molar-refractivity contribution in [2.45, 2.75) is 4.90 Å². The molecule has 0 radical (unpaired) electrons. The summed E-state index contributed by atoms with van der Waals surface area (Å²) in [4.78, 5) is 10.6. The number of halogens is 1. The molecule has 0 atom stereocenters. The largest absolute Gasteiger partial charge is 0.454 e. The molecule has 1 heterocycles. The van der Waals surface area contributed by atoms with Crippen LogP contribution in [-0.4, -0.2) is 13.3 Å². The second-order valence-electron chi connectivity index (χ2n) is 6.17. The van der Waals surface area contributed by atoms with Gasteiger partial charge in [-0.25, -0.2) is 8.42 Å². The number of nitrogens with zero attached hydrogens (tertiary/aromatic N) is 1. The van der Waals surface area contributed by atoms with Crippen molar-refractivity contribution in [3.05, 3.63) is 87.9 Å². The van der Waals surface area contributed by atoms with Gasteiger partial charge in [-0.2, -0.15) is 0 Å². The predicted octanol–water partition coefficient (Wildman–Crippen LogP) is 5.46. The molecule has 4 aromatic rings. The van der Waals surface area contributed by atoms with E-state index < -0.39 is 14.9 Å². The third kappa shape index (κ3) is 3.67. The minimum atomic E-state index is -3.99. The summed E-state index contributed by atoms with van der Waals surface area (Å²) >= 11 is 5.84. The van der Waals surface area contributed by atoms with Gasteiger partial charge < -0.3 is 4.42 Å². The average Bonchev–Trinajstić information content (AvgIpc) is 3.06. The quantitative estimate of drug-likeness (QED) is 0.335. The molecule has 1 aromatic heterocycles. The van der Waals surface area contributed by atoms with Crippen molar-refractivity contribution in [3.63, 3.8) is 0 Å². The summed E-state index contributed by atoms with van der Waals surface area (Å²) in [6, 6.07) is 18.6. The van der Waals surface area contributed by atoms with Crippen LogP contribution in [0.4, 0.5) is 11.4 Å². The van der Waals surface area contributed by atoms with Crippen molar-refractivity contribution in [1.29, 1.82) is 0 Å². The summed E-state index contributed by atoms with van der Waals surface area (Å²) in [5.41, 5.74) is 0.901. The van der Waals surface area contributed by atoms with Gasteiger partial charge in [-0.15, -0.1) is 0 Å². The van der Waals surface area contributed by atoms with Gasteiger partial charge in [0.2, 0.25) is 0 Å². The number of hydrogen-bond acceptors (Lipinski definition) is 5. The molecular weight excluding hydrogens is 416 g/mol. The molecule has 4 rings (SSSR count). The maximum absolute atomic E-state index is 12.9. The minimum Gasteiger partial charge on any atom is -0.454 e. The fourth-order valence-corrected chi connectivity index (χ4v) is 4.11. The summed E-state index contributed by atoms with van der Waals surface area (Å²) < 4.78 is 34.2. The lowest BCUT2D eigenvalue weighted by molar-refractivity contribution is -0.384. The number of benzene rings is 3. The lowest BCUT2D eigenvalue weighted by Crippen LogP contribution is -2.13. The van der Waals surface area contributed by atoms with Crippen LogP contribution in [0.25, 0.3) is 22.3 Å². The summed E-state index contributed by atoms with van der Waals surface area (Å²) in [7, 11) is -3.99. The van der Waals surface area contributed by atoms with Gasteiger partial charge in [-0.1, -0.05) is 41.9 Å². The average molecular weight is 429 g/mol. The van der Waals surface area contributed by atoms with Crippen molar-refractivity contribution in [2.75, 3.05) is 4.72 Å². The van der Waals surface area contributed by atoms with E-state index in [1.807, 2.05) is 6.07 Å².